The molecule has 0 aliphatic carbocycles. The standard InChI is InChI=1S/C16H21N5.HI/c1-13-6-5-8-15(21-13)12-20-16(17-2)19-11-9-14-7-3-4-10-18-14;/h3-8,10H,9,11-12H2,1-2H3,(H2,17,19,20);1H. The third kappa shape index (κ3) is 6.38. The van der Waals surface area contributed by atoms with Crippen molar-refractivity contribution < 1.29 is 0 Å². The number of aryl methyl sites for hydroxylation is 1. The van der Waals surface area contributed by atoms with Crippen molar-refractivity contribution in [3.05, 3.63) is 59.7 Å². The first-order valence-corrected chi connectivity index (χ1v) is 7.05. The molecular formula is C16H22IN5. The van der Waals surface area contributed by atoms with Crippen LogP contribution in [0.2, 0.25) is 0 Å². The summed E-state index contributed by atoms with van der Waals surface area (Å²) in [6.45, 7) is 3.44. The molecule has 2 aromatic rings. The van der Waals surface area contributed by atoms with E-state index in [-0.39, 0.29) is 24.0 Å². The summed E-state index contributed by atoms with van der Waals surface area (Å²) in [7, 11) is 1.76. The van der Waals surface area contributed by atoms with Gasteiger partial charge in [-0.3, -0.25) is 15.0 Å². The maximum atomic E-state index is 4.45. The van der Waals surface area contributed by atoms with Crippen LogP contribution in [0.1, 0.15) is 17.1 Å². The molecule has 6 heteroatoms. The van der Waals surface area contributed by atoms with Gasteiger partial charge in [-0.05, 0) is 31.2 Å². The Hall–Kier alpha value is -1.70. The first kappa shape index (κ1) is 18.3. The molecule has 0 unspecified atom stereocenters. The first-order valence-electron chi connectivity index (χ1n) is 7.05. The molecule has 0 aliphatic rings. The molecule has 118 valence electrons. The van der Waals surface area contributed by atoms with Crippen LogP contribution in [0.25, 0.3) is 0 Å². The van der Waals surface area contributed by atoms with Crippen molar-refractivity contribution in [2.45, 2.75) is 19.9 Å². The van der Waals surface area contributed by atoms with Crippen molar-refractivity contribution in [2.75, 3.05) is 13.6 Å². The average Bonchev–Trinajstić information content (AvgIpc) is 2.52. The fourth-order valence-corrected chi connectivity index (χ4v) is 1.95. The van der Waals surface area contributed by atoms with E-state index in [0.29, 0.717) is 6.54 Å². The highest BCUT2D eigenvalue weighted by Crippen LogP contribution is 1.97. The summed E-state index contributed by atoms with van der Waals surface area (Å²) in [5.74, 6) is 0.772. The second-order valence-electron chi connectivity index (χ2n) is 4.69. The molecule has 22 heavy (non-hydrogen) atoms. The topological polar surface area (TPSA) is 62.2 Å². The van der Waals surface area contributed by atoms with Crippen LogP contribution in [0.4, 0.5) is 0 Å². The number of nitrogens with zero attached hydrogens (tertiary/aromatic N) is 3. The zero-order valence-corrected chi connectivity index (χ0v) is 15.2. The van der Waals surface area contributed by atoms with Gasteiger partial charge in [-0.2, -0.15) is 0 Å². The highest BCUT2D eigenvalue weighted by molar-refractivity contribution is 14.0. The van der Waals surface area contributed by atoms with Gasteiger partial charge in [-0.1, -0.05) is 12.1 Å². The van der Waals surface area contributed by atoms with Crippen LogP contribution in [-0.2, 0) is 13.0 Å². The summed E-state index contributed by atoms with van der Waals surface area (Å²) in [4.78, 5) is 12.9. The van der Waals surface area contributed by atoms with Crippen LogP contribution in [0.15, 0.2) is 47.6 Å². The van der Waals surface area contributed by atoms with E-state index in [1.54, 1.807) is 7.05 Å². The lowest BCUT2D eigenvalue weighted by molar-refractivity contribution is 0.773. The zero-order valence-electron chi connectivity index (χ0n) is 12.9. The largest absolute Gasteiger partial charge is 0.356 e. The van der Waals surface area contributed by atoms with Crippen molar-refractivity contribution in [1.82, 2.24) is 20.6 Å². The maximum absolute atomic E-state index is 4.45. The summed E-state index contributed by atoms with van der Waals surface area (Å²) in [6.07, 6.45) is 2.68. The molecule has 2 rings (SSSR count). The second kappa shape index (κ2) is 10.1. The van der Waals surface area contributed by atoms with Gasteiger partial charge in [0.25, 0.3) is 0 Å². The Kier molecular flexibility index (Phi) is 8.42. The number of rotatable bonds is 5. The number of aromatic nitrogens is 2. The smallest absolute Gasteiger partial charge is 0.191 e. The Balaban J connectivity index is 0.00000242. The molecule has 0 aromatic carbocycles. The first-order chi connectivity index (χ1) is 10.3. The second-order valence-corrected chi connectivity index (χ2v) is 4.69. The van der Waals surface area contributed by atoms with Crippen LogP contribution in [-0.4, -0.2) is 29.5 Å². The lowest BCUT2D eigenvalue weighted by Gasteiger charge is -2.11. The molecule has 0 saturated heterocycles. The molecular weight excluding hydrogens is 389 g/mol. The van der Waals surface area contributed by atoms with Gasteiger partial charge < -0.3 is 10.6 Å². The van der Waals surface area contributed by atoms with Gasteiger partial charge in [0.05, 0.1) is 12.2 Å². The monoisotopic (exact) mass is 411 g/mol. The van der Waals surface area contributed by atoms with Crippen molar-refractivity contribution in [2.24, 2.45) is 4.99 Å². The molecule has 2 heterocycles. The highest BCUT2D eigenvalue weighted by Gasteiger charge is 2.00. The van der Waals surface area contributed by atoms with Crippen molar-refractivity contribution in [3.8, 4) is 0 Å². The Morgan fingerprint density at radius 1 is 1.09 bits per heavy atom. The lowest BCUT2D eigenvalue weighted by Crippen LogP contribution is -2.38. The van der Waals surface area contributed by atoms with Crippen molar-refractivity contribution in [3.63, 3.8) is 0 Å². The molecule has 5 nitrogen and oxygen atoms in total. The SMILES string of the molecule is CN=C(NCCc1ccccn1)NCc1cccc(C)n1.I. The van der Waals surface area contributed by atoms with Gasteiger partial charge in [0.15, 0.2) is 5.96 Å². The molecule has 0 spiro atoms. The summed E-state index contributed by atoms with van der Waals surface area (Å²) < 4.78 is 0. The molecule has 0 amide bonds. The summed E-state index contributed by atoms with van der Waals surface area (Å²) >= 11 is 0. The number of hydrogen-bond donors (Lipinski definition) is 2. The summed E-state index contributed by atoms with van der Waals surface area (Å²) in [5.41, 5.74) is 3.09. The minimum Gasteiger partial charge on any atom is -0.356 e. The lowest BCUT2D eigenvalue weighted by atomic mass is 10.3. The van der Waals surface area contributed by atoms with E-state index in [4.69, 9.17) is 0 Å². The van der Waals surface area contributed by atoms with Crippen molar-refractivity contribution >= 4 is 29.9 Å². The fraction of sp³-hybridized carbons (Fsp3) is 0.312. The van der Waals surface area contributed by atoms with E-state index in [9.17, 15) is 0 Å². The van der Waals surface area contributed by atoms with Crippen LogP contribution < -0.4 is 10.6 Å². The third-order valence-electron chi connectivity index (χ3n) is 3.01. The van der Waals surface area contributed by atoms with Crippen molar-refractivity contribution in [1.29, 1.82) is 0 Å². The average molecular weight is 411 g/mol. The molecule has 0 fully saturated rings. The number of aliphatic imine (C=N–C) groups is 1. The van der Waals surface area contributed by atoms with E-state index in [1.807, 2.05) is 49.5 Å². The number of nitrogens with one attached hydrogen (secondary N) is 2. The van der Waals surface area contributed by atoms with Gasteiger partial charge >= 0.3 is 0 Å². The predicted octanol–water partition coefficient (Wildman–Crippen LogP) is 2.31. The van der Waals surface area contributed by atoms with Crippen LogP contribution in [0.3, 0.4) is 0 Å². The van der Waals surface area contributed by atoms with E-state index in [0.717, 1.165) is 36.0 Å². The predicted molar refractivity (Wildman–Crippen MR) is 101 cm³/mol. The number of halogens is 1. The van der Waals surface area contributed by atoms with Gasteiger partial charge in [0.1, 0.15) is 0 Å². The van der Waals surface area contributed by atoms with E-state index in [2.05, 4.69) is 25.6 Å². The minimum atomic E-state index is 0. The van der Waals surface area contributed by atoms with Gasteiger partial charge in [-0.25, -0.2) is 0 Å². The molecule has 0 bridgehead atoms. The minimum absolute atomic E-state index is 0. The molecule has 0 aliphatic heterocycles. The van der Waals surface area contributed by atoms with Gasteiger partial charge in [0.2, 0.25) is 0 Å². The molecule has 0 radical (unpaired) electrons. The quantitative estimate of drug-likeness (QED) is 0.451. The van der Waals surface area contributed by atoms with Crippen LogP contribution in [0, 0.1) is 6.92 Å². The molecule has 2 aromatic heterocycles. The molecule has 0 atom stereocenters. The van der Waals surface area contributed by atoms with Gasteiger partial charge in [0, 0.05) is 37.6 Å². The summed E-state index contributed by atoms with van der Waals surface area (Å²) in [6, 6.07) is 11.9. The Bertz CT molecular complexity index is 586. The van der Waals surface area contributed by atoms with E-state index < -0.39 is 0 Å². The number of hydrogen-bond acceptors (Lipinski definition) is 3. The Morgan fingerprint density at radius 3 is 2.59 bits per heavy atom. The molecule has 2 N–H and O–H groups in total. The fourth-order valence-electron chi connectivity index (χ4n) is 1.95. The zero-order chi connectivity index (χ0) is 14.9. The Labute approximate surface area is 148 Å². The third-order valence-corrected chi connectivity index (χ3v) is 3.01. The molecule has 0 saturated carbocycles. The Morgan fingerprint density at radius 2 is 1.91 bits per heavy atom. The number of pyridine rings is 2. The van der Waals surface area contributed by atoms with Crippen LogP contribution in [0.5, 0.6) is 0 Å². The number of guanidine groups is 1. The summed E-state index contributed by atoms with van der Waals surface area (Å²) in [5, 5.41) is 6.53. The van der Waals surface area contributed by atoms with Crippen LogP contribution >= 0.6 is 24.0 Å². The van der Waals surface area contributed by atoms with E-state index >= 15 is 0 Å². The normalized spacial score (nSPS) is 10.7. The van der Waals surface area contributed by atoms with Gasteiger partial charge in [-0.15, -0.1) is 24.0 Å². The highest BCUT2D eigenvalue weighted by atomic mass is 127. The van der Waals surface area contributed by atoms with E-state index in [1.165, 1.54) is 0 Å². The maximum Gasteiger partial charge on any atom is 0.191 e.